The van der Waals surface area contributed by atoms with Crippen LogP contribution in [-0.4, -0.2) is 68.4 Å². The third kappa shape index (κ3) is 3.90. The molecule has 0 aliphatic carbocycles. The zero-order valence-electron chi connectivity index (χ0n) is 15.1. The maximum atomic E-state index is 12.8. The predicted octanol–water partition coefficient (Wildman–Crippen LogP) is 2.28. The van der Waals surface area contributed by atoms with E-state index in [9.17, 15) is 4.79 Å². The van der Waals surface area contributed by atoms with E-state index in [4.69, 9.17) is 4.74 Å². The quantitative estimate of drug-likeness (QED) is 0.757. The van der Waals surface area contributed by atoms with Crippen LogP contribution in [0.3, 0.4) is 0 Å². The van der Waals surface area contributed by atoms with Crippen molar-refractivity contribution in [3.8, 4) is 5.75 Å². The van der Waals surface area contributed by atoms with Gasteiger partial charge >= 0.3 is 0 Å². The van der Waals surface area contributed by atoms with Gasteiger partial charge in [0.15, 0.2) is 11.6 Å². The van der Waals surface area contributed by atoms with Crippen LogP contribution in [-0.2, 0) is 0 Å². The Labute approximate surface area is 161 Å². The van der Waals surface area contributed by atoms with Gasteiger partial charge in [-0.05, 0) is 46.3 Å². The van der Waals surface area contributed by atoms with E-state index in [0.717, 1.165) is 29.2 Å². The van der Waals surface area contributed by atoms with Gasteiger partial charge in [0.2, 0.25) is 0 Å². The van der Waals surface area contributed by atoms with Crippen LogP contribution in [0.1, 0.15) is 10.4 Å². The lowest BCUT2D eigenvalue weighted by Gasteiger charge is -2.35. The standard InChI is InChI=1S/C18H22BrN5O2/c1-22(2)16-6-7-17(21-20-16)23-8-10-24(11-9-23)18(25)14-12-13(26-3)4-5-15(14)19/h4-7,12H,8-11H2,1-3H3. The molecule has 0 radical (unpaired) electrons. The van der Waals surface area contributed by atoms with Gasteiger partial charge in [0, 0.05) is 44.7 Å². The number of carbonyl (C=O) groups is 1. The number of halogens is 1. The molecule has 26 heavy (non-hydrogen) atoms. The normalized spacial score (nSPS) is 14.3. The summed E-state index contributed by atoms with van der Waals surface area (Å²) in [4.78, 5) is 18.8. The minimum atomic E-state index is 0.00413. The molecule has 1 aliphatic rings. The molecular formula is C18H22BrN5O2. The van der Waals surface area contributed by atoms with Crippen molar-refractivity contribution in [3.63, 3.8) is 0 Å². The first kappa shape index (κ1) is 18.4. The van der Waals surface area contributed by atoms with Crippen molar-refractivity contribution in [2.24, 2.45) is 0 Å². The second-order valence-corrected chi connectivity index (χ2v) is 7.12. The maximum Gasteiger partial charge on any atom is 0.255 e. The summed E-state index contributed by atoms with van der Waals surface area (Å²) in [5, 5.41) is 8.51. The number of ether oxygens (including phenoxy) is 1. The maximum absolute atomic E-state index is 12.8. The SMILES string of the molecule is COc1ccc(Br)c(C(=O)N2CCN(c3ccc(N(C)C)nn3)CC2)c1. The molecular weight excluding hydrogens is 398 g/mol. The second-order valence-electron chi connectivity index (χ2n) is 6.27. The fourth-order valence-electron chi connectivity index (χ4n) is 2.83. The van der Waals surface area contributed by atoms with Gasteiger partial charge < -0.3 is 19.4 Å². The van der Waals surface area contributed by atoms with Crippen LogP contribution in [0.5, 0.6) is 5.75 Å². The predicted molar refractivity (Wildman–Crippen MR) is 105 cm³/mol. The lowest BCUT2D eigenvalue weighted by Crippen LogP contribution is -2.49. The number of hydrogen-bond acceptors (Lipinski definition) is 6. The highest BCUT2D eigenvalue weighted by molar-refractivity contribution is 9.10. The lowest BCUT2D eigenvalue weighted by atomic mass is 10.1. The average molecular weight is 420 g/mol. The molecule has 1 aromatic carbocycles. The van der Waals surface area contributed by atoms with Gasteiger partial charge in [0.05, 0.1) is 12.7 Å². The zero-order chi connectivity index (χ0) is 18.7. The van der Waals surface area contributed by atoms with Crippen LogP contribution in [0, 0.1) is 0 Å². The Morgan fingerprint density at radius 2 is 1.85 bits per heavy atom. The summed E-state index contributed by atoms with van der Waals surface area (Å²) >= 11 is 3.46. The Hall–Kier alpha value is -2.35. The Morgan fingerprint density at radius 3 is 2.42 bits per heavy atom. The Bertz CT molecular complexity index is 774. The van der Waals surface area contributed by atoms with Crippen molar-refractivity contribution in [1.29, 1.82) is 0 Å². The number of anilines is 2. The zero-order valence-corrected chi connectivity index (χ0v) is 16.7. The Kier molecular flexibility index (Phi) is 5.61. The van der Waals surface area contributed by atoms with Gasteiger partial charge in [-0.25, -0.2) is 0 Å². The number of hydrogen-bond donors (Lipinski definition) is 0. The first-order chi connectivity index (χ1) is 12.5. The molecule has 0 N–H and O–H groups in total. The van der Waals surface area contributed by atoms with Crippen molar-refractivity contribution in [1.82, 2.24) is 15.1 Å². The topological polar surface area (TPSA) is 61.8 Å². The Morgan fingerprint density at radius 1 is 1.12 bits per heavy atom. The molecule has 0 saturated carbocycles. The summed E-state index contributed by atoms with van der Waals surface area (Å²) in [5.74, 6) is 2.34. The lowest BCUT2D eigenvalue weighted by molar-refractivity contribution is 0.0745. The first-order valence-electron chi connectivity index (χ1n) is 8.38. The fraction of sp³-hybridized carbons (Fsp3) is 0.389. The van der Waals surface area contributed by atoms with E-state index >= 15 is 0 Å². The van der Waals surface area contributed by atoms with Gasteiger partial charge in [-0.2, -0.15) is 0 Å². The minimum Gasteiger partial charge on any atom is -0.497 e. The van der Waals surface area contributed by atoms with Crippen LogP contribution >= 0.6 is 15.9 Å². The minimum absolute atomic E-state index is 0.00413. The van der Waals surface area contributed by atoms with Crippen molar-refractivity contribution < 1.29 is 9.53 Å². The van der Waals surface area contributed by atoms with E-state index in [1.54, 1.807) is 13.2 Å². The summed E-state index contributed by atoms with van der Waals surface area (Å²) in [7, 11) is 5.47. The van der Waals surface area contributed by atoms with E-state index in [0.29, 0.717) is 24.4 Å². The molecule has 0 unspecified atom stereocenters. The highest BCUT2D eigenvalue weighted by atomic mass is 79.9. The molecule has 7 nitrogen and oxygen atoms in total. The van der Waals surface area contributed by atoms with Crippen molar-refractivity contribution in [2.45, 2.75) is 0 Å². The summed E-state index contributed by atoms with van der Waals surface area (Å²) in [6.45, 7) is 2.73. The number of benzene rings is 1. The average Bonchev–Trinajstić information content (AvgIpc) is 2.68. The highest BCUT2D eigenvalue weighted by Gasteiger charge is 2.24. The van der Waals surface area contributed by atoms with Gasteiger partial charge in [-0.3, -0.25) is 4.79 Å². The number of carbonyl (C=O) groups excluding carboxylic acids is 1. The van der Waals surface area contributed by atoms with E-state index in [1.165, 1.54) is 0 Å². The number of methoxy groups -OCH3 is 1. The molecule has 138 valence electrons. The summed E-state index contributed by atoms with van der Waals surface area (Å²) < 4.78 is 6.00. The van der Waals surface area contributed by atoms with Crippen LogP contribution in [0.4, 0.5) is 11.6 Å². The largest absolute Gasteiger partial charge is 0.497 e. The number of aromatic nitrogens is 2. The molecule has 8 heteroatoms. The van der Waals surface area contributed by atoms with Crippen molar-refractivity contribution in [3.05, 3.63) is 40.4 Å². The van der Waals surface area contributed by atoms with Crippen LogP contribution in [0.2, 0.25) is 0 Å². The number of nitrogens with zero attached hydrogens (tertiary/aromatic N) is 5. The molecule has 1 aliphatic heterocycles. The van der Waals surface area contributed by atoms with E-state index in [2.05, 4.69) is 31.0 Å². The first-order valence-corrected chi connectivity index (χ1v) is 9.17. The summed E-state index contributed by atoms with van der Waals surface area (Å²) in [5.41, 5.74) is 0.618. The van der Waals surface area contributed by atoms with E-state index in [-0.39, 0.29) is 5.91 Å². The summed E-state index contributed by atoms with van der Waals surface area (Å²) in [6.07, 6.45) is 0. The van der Waals surface area contributed by atoms with Crippen LogP contribution < -0.4 is 14.5 Å². The molecule has 1 saturated heterocycles. The molecule has 2 aromatic rings. The van der Waals surface area contributed by atoms with Gasteiger partial charge in [-0.15, -0.1) is 10.2 Å². The molecule has 3 rings (SSSR count). The van der Waals surface area contributed by atoms with Crippen molar-refractivity contribution in [2.75, 3.05) is 57.2 Å². The Balaban J connectivity index is 1.65. The van der Waals surface area contributed by atoms with Gasteiger partial charge in [0.25, 0.3) is 5.91 Å². The van der Waals surface area contributed by atoms with E-state index < -0.39 is 0 Å². The third-order valence-electron chi connectivity index (χ3n) is 4.39. The van der Waals surface area contributed by atoms with Gasteiger partial charge in [-0.1, -0.05) is 0 Å². The van der Waals surface area contributed by atoms with E-state index in [1.807, 2.05) is 48.2 Å². The molecule has 0 bridgehead atoms. The summed E-state index contributed by atoms with van der Waals surface area (Å²) in [6, 6.07) is 9.36. The number of piperazine rings is 1. The number of amides is 1. The molecule has 1 amide bonds. The second kappa shape index (κ2) is 7.90. The molecule has 1 aromatic heterocycles. The highest BCUT2D eigenvalue weighted by Crippen LogP contribution is 2.25. The smallest absolute Gasteiger partial charge is 0.255 e. The molecule has 2 heterocycles. The van der Waals surface area contributed by atoms with Crippen molar-refractivity contribution >= 4 is 33.5 Å². The fourth-order valence-corrected chi connectivity index (χ4v) is 3.25. The van der Waals surface area contributed by atoms with Crippen LogP contribution in [0.15, 0.2) is 34.8 Å². The third-order valence-corrected chi connectivity index (χ3v) is 5.08. The molecule has 0 spiro atoms. The van der Waals surface area contributed by atoms with Gasteiger partial charge in [0.1, 0.15) is 5.75 Å². The van der Waals surface area contributed by atoms with Crippen LogP contribution in [0.25, 0.3) is 0 Å². The number of rotatable bonds is 4. The monoisotopic (exact) mass is 419 g/mol. The molecule has 1 fully saturated rings. The molecule has 0 atom stereocenters.